The molecule has 0 aliphatic heterocycles. The van der Waals surface area contributed by atoms with Gasteiger partial charge in [0, 0.05) is 5.56 Å². The fourth-order valence-electron chi connectivity index (χ4n) is 3.29. The molecule has 3 aromatic carbocycles. The van der Waals surface area contributed by atoms with Crippen molar-refractivity contribution in [2.45, 2.75) is 6.61 Å². The van der Waals surface area contributed by atoms with E-state index in [-0.39, 0.29) is 11.4 Å². The lowest BCUT2D eigenvalue weighted by atomic mass is 10.0. The summed E-state index contributed by atoms with van der Waals surface area (Å²) in [5.41, 5.74) is 14.2. The Morgan fingerprint density at radius 1 is 0.938 bits per heavy atom. The average molecular weight is 427 g/mol. The second-order valence-corrected chi connectivity index (χ2v) is 7.01. The molecule has 0 saturated carbocycles. The molecule has 0 radical (unpaired) electrons. The van der Waals surface area contributed by atoms with Crippen molar-refractivity contribution >= 4 is 17.6 Å². The Balaban J connectivity index is 1.66. The molecule has 0 saturated heterocycles. The number of benzene rings is 3. The van der Waals surface area contributed by atoms with Crippen LogP contribution in [0.4, 0.5) is 10.5 Å². The highest BCUT2D eigenvalue weighted by atomic mass is 16.5. The quantitative estimate of drug-likeness (QED) is 0.416. The molecule has 0 aliphatic rings. The molecule has 0 fully saturated rings. The van der Waals surface area contributed by atoms with Gasteiger partial charge in [0.25, 0.3) is 5.91 Å². The number of nitrogens with zero attached hydrogens (tertiary/aromatic N) is 2. The molecule has 0 aliphatic carbocycles. The Hall–Kier alpha value is -4.59. The van der Waals surface area contributed by atoms with E-state index < -0.39 is 11.9 Å². The Morgan fingerprint density at radius 2 is 1.69 bits per heavy atom. The standard InChI is InChI=1S/C24H21N5O3/c25-23(30)22-20(27-24(26)31)14-29(28-22)18-10-6-9-17(13-18)19-11-4-5-12-21(19)32-15-16-7-2-1-3-8-16/h1-14H,15H2,(H2,25,30)(H3,26,27,31). The average Bonchev–Trinajstić information content (AvgIpc) is 3.22. The zero-order valence-electron chi connectivity index (χ0n) is 17.1. The molecule has 8 heteroatoms. The third kappa shape index (κ3) is 4.59. The highest BCUT2D eigenvalue weighted by Crippen LogP contribution is 2.32. The Bertz CT molecular complexity index is 1270. The van der Waals surface area contributed by atoms with Crippen molar-refractivity contribution in [3.8, 4) is 22.6 Å². The Kier molecular flexibility index (Phi) is 5.85. The van der Waals surface area contributed by atoms with Gasteiger partial charge in [-0.15, -0.1) is 0 Å². The summed E-state index contributed by atoms with van der Waals surface area (Å²) < 4.78 is 7.54. The second kappa shape index (κ2) is 9.05. The maximum atomic E-state index is 11.7. The first-order valence-corrected chi connectivity index (χ1v) is 9.84. The minimum Gasteiger partial charge on any atom is -0.488 e. The first-order valence-electron chi connectivity index (χ1n) is 9.84. The van der Waals surface area contributed by atoms with Crippen LogP contribution in [0.15, 0.2) is 85.1 Å². The third-order valence-electron chi connectivity index (χ3n) is 4.75. The summed E-state index contributed by atoms with van der Waals surface area (Å²) in [5.74, 6) is -0.0359. The van der Waals surface area contributed by atoms with Crippen molar-refractivity contribution in [2.24, 2.45) is 11.5 Å². The van der Waals surface area contributed by atoms with Crippen molar-refractivity contribution in [3.63, 3.8) is 0 Å². The van der Waals surface area contributed by atoms with E-state index in [1.165, 1.54) is 10.9 Å². The van der Waals surface area contributed by atoms with Gasteiger partial charge in [-0.3, -0.25) is 4.79 Å². The van der Waals surface area contributed by atoms with Gasteiger partial charge in [0.05, 0.1) is 17.6 Å². The first-order chi connectivity index (χ1) is 15.5. The summed E-state index contributed by atoms with van der Waals surface area (Å²) in [4.78, 5) is 22.9. The molecule has 0 unspecified atom stereocenters. The molecule has 0 atom stereocenters. The second-order valence-electron chi connectivity index (χ2n) is 7.01. The van der Waals surface area contributed by atoms with Crippen LogP contribution in [0, 0.1) is 0 Å². The van der Waals surface area contributed by atoms with E-state index in [4.69, 9.17) is 16.2 Å². The van der Waals surface area contributed by atoms with E-state index in [2.05, 4.69) is 10.4 Å². The van der Waals surface area contributed by atoms with E-state index >= 15 is 0 Å². The van der Waals surface area contributed by atoms with Crippen molar-refractivity contribution < 1.29 is 14.3 Å². The zero-order valence-corrected chi connectivity index (χ0v) is 17.1. The number of rotatable bonds is 7. The number of ether oxygens (including phenoxy) is 1. The summed E-state index contributed by atoms with van der Waals surface area (Å²) in [6, 6.07) is 24.4. The number of urea groups is 1. The summed E-state index contributed by atoms with van der Waals surface area (Å²) >= 11 is 0. The van der Waals surface area contributed by atoms with Crippen molar-refractivity contribution in [3.05, 3.63) is 96.3 Å². The van der Waals surface area contributed by atoms with E-state index in [1.54, 1.807) is 0 Å². The number of carbonyl (C=O) groups is 2. The van der Waals surface area contributed by atoms with E-state index in [0.717, 1.165) is 22.4 Å². The van der Waals surface area contributed by atoms with Gasteiger partial charge in [0.15, 0.2) is 5.69 Å². The molecule has 4 rings (SSSR count). The molecule has 5 N–H and O–H groups in total. The van der Waals surface area contributed by atoms with Crippen LogP contribution < -0.4 is 21.5 Å². The number of carbonyl (C=O) groups excluding carboxylic acids is 2. The van der Waals surface area contributed by atoms with Crippen LogP contribution in [0.5, 0.6) is 5.75 Å². The Morgan fingerprint density at radius 3 is 2.44 bits per heavy atom. The Labute approximate surface area is 184 Å². The van der Waals surface area contributed by atoms with Gasteiger partial charge in [0.2, 0.25) is 0 Å². The van der Waals surface area contributed by atoms with Gasteiger partial charge in [-0.05, 0) is 29.3 Å². The van der Waals surface area contributed by atoms with Crippen LogP contribution in [0.2, 0.25) is 0 Å². The normalized spacial score (nSPS) is 10.5. The van der Waals surface area contributed by atoms with Gasteiger partial charge in [-0.25, -0.2) is 9.48 Å². The van der Waals surface area contributed by atoms with E-state index in [0.29, 0.717) is 12.3 Å². The number of nitrogens with one attached hydrogen (secondary N) is 1. The minimum absolute atomic E-state index is 0.0826. The molecular formula is C24H21N5O3. The number of para-hydroxylation sites is 1. The molecule has 3 amide bonds. The number of nitrogens with two attached hydrogens (primary N) is 2. The number of primary amides is 2. The lowest BCUT2D eigenvalue weighted by molar-refractivity contribution is 0.0996. The van der Waals surface area contributed by atoms with Crippen LogP contribution in [0.1, 0.15) is 16.1 Å². The zero-order chi connectivity index (χ0) is 22.5. The predicted molar refractivity (Wildman–Crippen MR) is 121 cm³/mol. The molecule has 1 aromatic heterocycles. The fraction of sp³-hybridized carbons (Fsp3) is 0.0417. The summed E-state index contributed by atoms with van der Waals surface area (Å²) in [6.07, 6.45) is 1.49. The lowest BCUT2D eigenvalue weighted by Crippen LogP contribution is -2.22. The van der Waals surface area contributed by atoms with Crippen LogP contribution >= 0.6 is 0 Å². The van der Waals surface area contributed by atoms with Crippen LogP contribution in [0.3, 0.4) is 0 Å². The van der Waals surface area contributed by atoms with Gasteiger partial charge in [0.1, 0.15) is 12.4 Å². The van der Waals surface area contributed by atoms with Crippen LogP contribution in [-0.4, -0.2) is 21.7 Å². The number of anilines is 1. The van der Waals surface area contributed by atoms with Gasteiger partial charge in [-0.1, -0.05) is 60.7 Å². The van der Waals surface area contributed by atoms with E-state index in [1.807, 2.05) is 78.9 Å². The molecule has 0 bridgehead atoms. The molecular weight excluding hydrogens is 406 g/mol. The van der Waals surface area contributed by atoms with Crippen LogP contribution in [0.25, 0.3) is 16.8 Å². The monoisotopic (exact) mass is 427 g/mol. The molecule has 4 aromatic rings. The van der Waals surface area contributed by atoms with Crippen molar-refractivity contribution in [1.29, 1.82) is 0 Å². The SMILES string of the molecule is NC(=O)Nc1cn(-c2cccc(-c3ccccc3OCc3ccccc3)c2)nc1C(N)=O. The minimum atomic E-state index is -0.815. The number of aromatic nitrogens is 2. The molecule has 32 heavy (non-hydrogen) atoms. The fourth-order valence-corrected chi connectivity index (χ4v) is 3.29. The lowest BCUT2D eigenvalue weighted by Gasteiger charge is -2.13. The maximum Gasteiger partial charge on any atom is 0.316 e. The van der Waals surface area contributed by atoms with Crippen molar-refractivity contribution in [1.82, 2.24) is 9.78 Å². The first kappa shape index (κ1) is 20.7. The number of hydrogen-bond donors (Lipinski definition) is 3. The third-order valence-corrected chi connectivity index (χ3v) is 4.75. The number of hydrogen-bond acceptors (Lipinski definition) is 4. The van der Waals surface area contributed by atoms with Gasteiger partial charge >= 0.3 is 6.03 Å². The van der Waals surface area contributed by atoms with Gasteiger partial charge < -0.3 is 21.5 Å². The highest BCUT2D eigenvalue weighted by molar-refractivity contribution is 6.00. The van der Waals surface area contributed by atoms with Crippen molar-refractivity contribution in [2.75, 3.05) is 5.32 Å². The predicted octanol–water partition coefficient (Wildman–Crippen LogP) is 3.71. The van der Waals surface area contributed by atoms with E-state index in [9.17, 15) is 9.59 Å². The summed E-state index contributed by atoms with van der Waals surface area (Å²) in [7, 11) is 0. The summed E-state index contributed by atoms with van der Waals surface area (Å²) in [5, 5.41) is 6.57. The molecule has 1 heterocycles. The van der Waals surface area contributed by atoms with Gasteiger partial charge in [-0.2, -0.15) is 5.10 Å². The maximum absolute atomic E-state index is 11.7. The molecule has 160 valence electrons. The topological polar surface area (TPSA) is 125 Å². The smallest absolute Gasteiger partial charge is 0.316 e. The summed E-state index contributed by atoms with van der Waals surface area (Å²) in [6.45, 7) is 0.445. The van der Waals surface area contributed by atoms with Crippen LogP contribution in [-0.2, 0) is 6.61 Å². The number of amides is 3. The highest BCUT2D eigenvalue weighted by Gasteiger charge is 2.17. The molecule has 8 nitrogen and oxygen atoms in total. The molecule has 0 spiro atoms. The largest absolute Gasteiger partial charge is 0.488 e.